The van der Waals surface area contributed by atoms with E-state index in [4.69, 9.17) is 0 Å². The largest absolute Gasteiger partial charge is 0.480 e. The molecule has 3 amide bonds. The molecular formula is C27H27N9O9. The van der Waals surface area contributed by atoms with Crippen LogP contribution >= 0.6 is 0 Å². The fourth-order valence-corrected chi connectivity index (χ4v) is 4.19. The van der Waals surface area contributed by atoms with Crippen molar-refractivity contribution < 1.29 is 44.1 Å². The van der Waals surface area contributed by atoms with Gasteiger partial charge in [-0.2, -0.15) is 0 Å². The van der Waals surface area contributed by atoms with E-state index in [1.165, 1.54) is 37.6 Å². The second kappa shape index (κ2) is 14.2. The first kappa shape index (κ1) is 31.6. The van der Waals surface area contributed by atoms with Crippen molar-refractivity contribution in [2.24, 2.45) is 0 Å². The number of imidazole rings is 3. The topological polar surface area (TPSA) is 285 Å². The van der Waals surface area contributed by atoms with Crippen LogP contribution in [0.1, 0.15) is 48.2 Å². The number of carboxylic acid groups (broad SMARTS) is 3. The summed E-state index contributed by atoms with van der Waals surface area (Å²) in [6, 6.07) is -1.18. The Morgan fingerprint density at radius 1 is 0.533 bits per heavy atom. The molecule has 3 atom stereocenters. The van der Waals surface area contributed by atoms with Crippen molar-refractivity contribution in [1.29, 1.82) is 0 Å². The van der Waals surface area contributed by atoms with Gasteiger partial charge in [0.2, 0.25) is 0 Å². The molecule has 0 unspecified atom stereocenters. The minimum atomic E-state index is -1.44. The Kier molecular flexibility index (Phi) is 9.99. The number of nitrogens with zero attached hydrogens (tertiary/aromatic N) is 3. The Balaban J connectivity index is 1.63. The summed E-state index contributed by atoms with van der Waals surface area (Å²) in [6.45, 7) is 0. The third-order valence-corrected chi connectivity index (χ3v) is 6.47. The average molecular weight is 622 g/mol. The second-order valence-electron chi connectivity index (χ2n) is 9.73. The molecule has 18 nitrogen and oxygen atoms in total. The van der Waals surface area contributed by atoms with Crippen LogP contribution < -0.4 is 16.0 Å². The van der Waals surface area contributed by atoms with Crippen LogP contribution in [0.4, 0.5) is 0 Å². The summed E-state index contributed by atoms with van der Waals surface area (Å²) in [5.41, 5.74) is 0.234. The summed E-state index contributed by atoms with van der Waals surface area (Å²) >= 11 is 0. The standard InChI is InChI=1S/C27H27N9O9/c37-22(34-19(25(40)41)4-16-7-28-10-31-16)13-1-14(23(38)35-20(26(42)43)5-17-8-29-11-32-17)3-15(2-13)24(39)36-21(27(44)45)6-18-9-30-12-33-18/h1-3,7-12,19-21H,4-6H2,(H,28,31)(H,29,32)(H,30,33)(H,34,37)(H,35,38)(H,36,39)(H,40,41)(H,42,43)(H,44,45)/t19-,20-,21-/m0/s1. The van der Waals surface area contributed by atoms with Gasteiger partial charge in [-0.05, 0) is 18.2 Å². The number of H-pyrrole nitrogens is 3. The molecule has 0 saturated heterocycles. The zero-order valence-electron chi connectivity index (χ0n) is 23.2. The van der Waals surface area contributed by atoms with Crippen molar-refractivity contribution in [3.8, 4) is 0 Å². The lowest BCUT2D eigenvalue weighted by atomic mass is 10.0. The molecule has 0 bridgehead atoms. The van der Waals surface area contributed by atoms with Crippen LogP contribution in [0.25, 0.3) is 0 Å². The molecule has 45 heavy (non-hydrogen) atoms. The Hall–Kier alpha value is -6.33. The van der Waals surface area contributed by atoms with Crippen LogP contribution in [-0.4, -0.2) is 99.0 Å². The predicted octanol–water partition coefficient (Wildman–Crippen LogP) is -0.867. The third-order valence-electron chi connectivity index (χ3n) is 6.47. The van der Waals surface area contributed by atoms with E-state index in [1.54, 1.807) is 0 Å². The van der Waals surface area contributed by atoms with Gasteiger partial charge in [-0.1, -0.05) is 0 Å². The van der Waals surface area contributed by atoms with Crippen LogP contribution in [0.3, 0.4) is 0 Å². The van der Waals surface area contributed by atoms with E-state index in [2.05, 4.69) is 45.9 Å². The molecule has 0 saturated carbocycles. The fraction of sp³-hybridized carbons (Fsp3) is 0.222. The van der Waals surface area contributed by atoms with E-state index in [0.29, 0.717) is 17.1 Å². The number of carboxylic acids is 3. The lowest BCUT2D eigenvalue weighted by molar-refractivity contribution is -0.140. The zero-order valence-corrected chi connectivity index (χ0v) is 23.2. The van der Waals surface area contributed by atoms with Gasteiger partial charge in [-0.15, -0.1) is 0 Å². The summed E-state index contributed by atoms with van der Waals surface area (Å²) in [5, 5.41) is 36.0. The van der Waals surface area contributed by atoms with Crippen LogP contribution in [0.5, 0.6) is 0 Å². The molecule has 9 N–H and O–H groups in total. The van der Waals surface area contributed by atoms with Gasteiger partial charge in [-0.25, -0.2) is 29.3 Å². The summed E-state index contributed by atoms with van der Waals surface area (Å²) in [4.78, 5) is 95.0. The Bertz CT molecular complexity index is 1460. The maximum absolute atomic E-state index is 13.2. The minimum absolute atomic E-state index is 0.170. The van der Waals surface area contributed by atoms with Gasteiger partial charge in [0.05, 0.1) is 19.0 Å². The lowest BCUT2D eigenvalue weighted by Crippen LogP contribution is -2.44. The van der Waals surface area contributed by atoms with Crippen LogP contribution in [-0.2, 0) is 33.6 Å². The number of rotatable bonds is 15. The first-order valence-corrected chi connectivity index (χ1v) is 13.2. The highest BCUT2D eigenvalue weighted by Crippen LogP contribution is 2.14. The van der Waals surface area contributed by atoms with Crippen LogP contribution in [0.2, 0.25) is 0 Å². The number of aromatic amines is 3. The van der Waals surface area contributed by atoms with Crippen molar-refractivity contribution >= 4 is 35.6 Å². The molecule has 3 aromatic heterocycles. The summed E-state index contributed by atoms with van der Waals surface area (Å²) in [7, 11) is 0. The van der Waals surface area contributed by atoms with Crippen LogP contribution in [0, 0.1) is 0 Å². The lowest BCUT2D eigenvalue weighted by Gasteiger charge is -2.18. The Labute approximate surface area is 252 Å². The van der Waals surface area contributed by atoms with Gasteiger partial charge in [-0.3, -0.25) is 14.4 Å². The van der Waals surface area contributed by atoms with Gasteiger partial charge in [0.15, 0.2) is 0 Å². The summed E-state index contributed by atoms with van der Waals surface area (Å²) in [6.07, 6.45) is 7.60. The predicted molar refractivity (Wildman–Crippen MR) is 150 cm³/mol. The van der Waals surface area contributed by atoms with Crippen molar-refractivity contribution in [2.75, 3.05) is 0 Å². The molecule has 0 fully saturated rings. The number of aromatic nitrogens is 6. The second-order valence-corrected chi connectivity index (χ2v) is 9.73. The van der Waals surface area contributed by atoms with E-state index in [-0.39, 0.29) is 36.0 Å². The fourth-order valence-electron chi connectivity index (χ4n) is 4.19. The number of nitrogens with one attached hydrogen (secondary N) is 6. The van der Waals surface area contributed by atoms with Gasteiger partial charge >= 0.3 is 17.9 Å². The van der Waals surface area contributed by atoms with Crippen molar-refractivity contribution in [1.82, 2.24) is 45.9 Å². The van der Waals surface area contributed by atoms with E-state index in [0.717, 1.165) is 18.2 Å². The number of carbonyl (C=O) groups is 6. The summed E-state index contributed by atoms with van der Waals surface area (Å²) in [5.74, 6) is -7.08. The zero-order chi connectivity index (χ0) is 32.5. The molecule has 4 rings (SSSR count). The number of benzene rings is 1. The molecule has 0 radical (unpaired) electrons. The van der Waals surface area contributed by atoms with Gasteiger partial charge in [0.25, 0.3) is 17.7 Å². The normalized spacial score (nSPS) is 12.8. The van der Waals surface area contributed by atoms with Crippen molar-refractivity contribution in [3.05, 3.63) is 89.5 Å². The average Bonchev–Trinajstić information content (AvgIpc) is 3.80. The van der Waals surface area contributed by atoms with E-state index >= 15 is 0 Å². The molecule has 18 heteroatoms. The molecule has 0 aliphatic rings. The number of amides is 3. The third kappa shape index (κ3) is 8.60. The summed E-state index contributed by atoms with van der Waals surface area (Å²) < 4.78 is 0. The highest BCUT2D eigenvalue weighted by molar-refractivity contribution is 6.06. The molecule has 0 aliphatic carbocycles. The highest BCUT2D eigenvalue weighted by atomic mass is 16.4. The molecule has 234 valence electrons. The monoisotopic (exact) mass is 621 g/mol. The quantitative estimate of drug-likeness (QED) is 0.0783. The van der Waals surface area contributed by atoms with Crippen LogP contribution in [0.15, 0.2) is 55.8 Å². The SMILES string of the molecule is O=C(N[C@@H](Cc1cnc[nH]1)C(=O)O)c1cc(C(=O)N[C@@H](Cc2cnc[nH]2)C(=O)O)cc(C(=O)N[C@@H](Cc2cnc[nH]2)C(=O)O)c1. The first-order valence-electron chi connectivity index (χ1n) is 13.2. The first-order chi connectivity index (χ1) is 21.5. The van der Waals surface area contributed by atoms with Gasteiger partial charge in [0.1, 0.15) is 18.1 Å². The molecule has 0 spiro atoms. The minimum Gasteiger partial charge on any atom is -0.480 e. The molecule has 3 heterocycles. The van der Waals surface area contributed by atoms with Crippen molar-refractivity contribution in [3.63, 3.8) is 0 Å². The Morgan fingerprint density at radius 2 is 0.800 bits per heavy atom. The number of aliphatic carboxylic acids is 3. The van der Waals surface area contributed by atoms with Gasteiger partial charge in [0, 0.05) is 71.6 Å². The van der Waals surface area contributed by atoms with Crippen molar-refractivity contribution in [2.45, 2.75) is 37.4 Å². The number of carbonyl (C=O) groups excluding carboxylic acids is 3. The Morgan fingerprint density at radius 3 is 1.00 bits per heavy atom. The van der Waals surface area contributed by atoms with E-state index < -0.39 is 53.8 Å². The molecule has 4 aromatic rings. The molecule has 1 aromatic carbocycles. The molecular weight excluding hydrogens is 594 g/mol. The van der Waals surface area contributed by atoms with E-state index in [1.807, 2.05) is 0 Å². The molecule has 0 aliphatic heterocycles. The number of hydrogen-bond donors (Lipinski definition) is 9. The van der Waals surface area contributed by atoms with E-state index in [9.17, 15) is 44.1 Å². The van der Waals surface area contributed by atoms with Gasteiger partial charge < -0.3 is 46.2 Å². The maximum atomic E-state index is 13.2. The number of hydrogen-bond acceptors (Lipinski definition) is 9. The maximum Gasteiger partial charge on any atom is 0.326 e. The highest BCUT2D eigenvalue weighted by Gasteiger charge is 2.27. The smallest absolute Gasteiger partial charge is 0.326 e.